The molecule has 0 atom stereocenters. The molecule has 2 aromatic rings. The van der Waals surface area contributed by atoms with Crippen LogP contribution in [0.1, 0.15) is 10.4 Å². The van der Waals surface area contributed by atoms with Crippen molar-refractivity contribution in [3.63, 3.8) is 0 Å². The number of carbonyl (C=O) groups excluding carboxylic acids is 1. The first-order valence-electron chi connectivity index (χ1n) is 5.13. The van der Waals surface area contributed by atoms with Crippen molar-refractivity contribution in [2.75, 3.05) is 0 Å². The van der Waals surface area contributed by atoms with Crippen LogP contribution in [0.25, 0.3) is 0 Å². The van der Waals surface area contributed by atoms with Gasteiger partial charge in [-0.2, -0.15) is 0 Å². The van der Waals surface area contributed by atoms with E-state index in [0.29, 0.717) is 16.2 Å². The molecular weight excluding hydrogens is 332 g/mol. The molecule has 0 bridgehead atoms. The molecule has 1 aromatic carbocycles. The summed E-state index contributed by atoms with van der Waals surface area (Å²) in [7, 11) is 0. The third kappa shape index (κ3) is 3.39. The molecule has 0 unspecified atom stereocenters. The third-order valence-corrected chi connectivity index (χ3v) is 3.72. The van der Waals surface area contributed by atoms with Crippen molar-refractivity contribution in [2.45, 2.75) is 9.92 Å². The Hall–Kier alpha value is -1.73. The molecule has 0 N–H and O–H groups in total. The van der Waals surface area contributed by atoms with Gasteiger partial charge in [0.25, 0.3) is 5.69 Å². The molecule has 0 spiro atoms. The van der Waals surface area contributed by atoms with E-state index in [0.717, 1.165) is 4.47 Å². The number of nitro groups is 1. The molecule has 0 saturated heterocycles. The number of halogens is 1. The lowest BCUT2D eigenvalue weighted by molar-refractivity contribution is -0.387. The summed E-state index contributed by atoms with van der Waals surface area (Å²) in [6.07, 6.45) is 2.20. The fraction of sp³-hybridized carbons (Fsp3) is 0. The lowest BCUT2D eigenvalue weighted by Gasteiger charge is -2.03. The van der Waals surface area contributed by atoms with E-state index in [2.05, 4.69) is 20.9 Å². The van der Waals surface area contributed by atoms with Gasteiger partial charge in [0.1, 0.15) is 11.3 Å². The van der Waals surface area contributed by atoms with Gasteiger partial charge in [-0.05, 0) is 34.1 Å². The molecule has 19 heavy (non-hydrogen) atoms. The normalized spacial score (nSPS) is 10.2. The second kappa shape index (κ2) is 5.94. The number of nitro benzene ring substituents is 1. The maximum Gasteiger partial charge on any atom is 0.284 e. The summed E-state index contributed by atoms with van der Waals surface area (Å²) in [6, 6.07) is 7.92. The summed E-state index contributed by atoms with van der Waals surface area (Å²) < 4.78 is 0.836. The predicted molar refractivity (Wildman–Crippen MR) is 74.5 cm³/mol. The van der Waals surface area contributed by atoms with Gasteiger partial charge in [-0.25, -0.2) is 4.98 Å². The summed E-state index contributed by atoms with van der Waals surface area (Å²) in [6.45, 7) is 0. The molecule has 5 nitrogen and oxygen atoms in total. The van der Waals surface area contributed by atoms with Crippen LogP contribution in [-0.2, 0) is 0 Å². The van der Waals surface area contributed by atoms with Crippen LogP contribution in [0.5, 0.6) is 0 Å². The van der Waals surface area contributed by atoms with Crippen LogP contribution in [0.3, 0.4) is 0 Å². The number of rotatable bonds is 4. The highest BCUT2D eigenvalue weighted by Gasteiger charge is 2.16. The molecule has 0 amide bonds. The second-order valence-corrected chi connectivity index (χ2v) is 5.50. The summed E-state index contributed by atoms with van der Waals surface area (Å²) in [5, 5.41) is 11.6. The maximum absolute atomic E-state index is 11.0. The first-order valence-corrected chi connectivity index (χ1v) is 6.74. The van der Waals surface area contributed by atoms with E-state index in [9.17, 15) is 14.9 Å². The van der Waals surface area contributed by atoms with Gasteiger partial charge in [0.2, 0.25) is 0 Å². The predicted octanol–water partition coefficient (Wildman–Crippen LogP) is 3.72. The van der Waals surface area contributed by atoms with Gasteiger partial charge in [-0.15, -0.1) is 0 Å². The molecule has 7 heteroatoms. The van der Waals surface area contributed by atoms with Crippen molar-refractivity contribution >= 4 is 39.7 Å². The van der Waals surface area contributed by atoms with Gasteiger partial charge in [0.15, 0.2) is 0 Å². The van der Waals surface area contributed by atoms with E-state index >= 15 is 0 Å². The van der Waals surface area contributed by atoms with Crippen molar-refractivity contribution in [3.8, 4) is 0 Å². The Labute approximate surface area is 121 Å². The number of benzene rings is 1. The quantitative estimate of drug-likeness (QED) is 0.482. The van der Waals surface area contributed by atoms with Gasteiger partial charge in [-0.3, -0.25) is 14.9 Å². The molecule has 0 aliphatic rings. The summed E-state index contributed by atoms with van der Waals surface area (Å²) >= 11 is 4.45. The fourth-order valence-corrected chi connectivity index (χ4v) is 2.45. The van der Waals surface area contributed by atoms with E-state index < -0.39 is 4.92 Å². The first kappa shape index (κ1) is 13.7. The van der Waals surface area contributed by atoms with Gasteiger partial charge in [-0.1, -0.05) is 17.8 Å². The van der Waals surface area contributed by atoms with E-state index in [-0.39, 0.29) is 11.3 Å². The monoisotopic (exact) mass is 338 g/mol. The Morgan fingerprint density at radius 1 is 1.32 bits per heavy atom. The van der Waals surface area contributed by atoms with E-state index in [1.54, 1.807) is 30.5 Å². The SMILES string of the molecule is O=Cc1ccc(Sc2ccc(Br)cn2)c([N+](=O)[O-])c1. The number of aromatic nitrogens is 1. The smallest absolute Gasteiger partial charge is 0.284 e. The number of nitrogens with zero attached hydrogens (tertiary/aromatic N) is 2. The Morgan fingerprint density at radius 2 is 2.11 bits per heavy atom. The van der Waals surface area contributed by atoms with Crippen molar-refractivity contribution in [2.24, 2.45) is 0 Å². The van der Waals surface area contributed by atoms with Crippen molar-refractivity contribution in [3.05, 3.63) is 56.7 Å². The van der Waals surface area contributed by atoms with Crippen molar-refractivity contribution in [1.82, 2.24) is 4.98 Å². The van der Waals surface area contributed by atoms with Crippen LogP contribution in [0, 0.1) is 10.1 Å². The average molecular weight is 339 g/mol. The van der Waals surface area contributed by atoms with E-state index in [1.165, 1.54) is 17.8 Å². The molecule has 0 fully saturated rings. The maximum atomic E-state index is 11.0. The van der Waals surface area contributed by atoms with Crippen LogP contribution in [0.2, 0.25) is 0 Å². The van der Waals surface area contributed by atoms with Crippen molar-refractivity contribution < 1.29 is 9.72 Å². The standard InChI is InChI=1S/C12H7BrN2O3S/c13-9-2-4-12(14-6-9)19-11-3-1-8(7-16)5-10(11)15(17)18/h1-7H. The van der Waals surface area contributed by atoms with Crippen LogP contribution in [-0.4, -0.2) is 16.2 Å². The number of aldehydes is 1. The molecule has 1 aromatic heterocycles. The Balaban J connectivity index is 2.36. The van der Waals surface area contributed by atoms with Crippen LogP contribution in [0.4, 0.5) is 5.69 Å². The molecule has 0 aliphatic heterocycles. The number of carbonyl (C=O) groups is 1. The molecule has 0 aliphatic carbocycles. The Morgan fingerprint density at radius 3 is 2.68 bits per heavy atom. The topological polar surface area (TPSA) is 73.1 Å². The lowest BCUT2D eigenvalue weighted by Crippen LogP contribution is -1.93. The first-order chi connectivity index (χ1) is 9.10. The molecule has 96 valence electrons. The molecule has 2 rings (SSSR count). The minimum atomic E-state index is -0.506. The number of hydrogen-bond donors (Lipinski definition) is 0. The molecular formula is C12H7BrN2O3S. The minimum Gasteiger partial charge on any atom is -0.298 e. The van der Waals surface area contributed by atoms with E-state index in [1.807, 2.05) is 0 Å². The minimum absolute atomic E-state index is 0.0979. The molecule has 1 heterocycles. The highest BCUT2D eigenvalue weighted by Crippen LogP contribution is 2.34. The van der Waals surface area contributed by atoms with Crippen LogP contribution >= 0.6 is 27.7 Å². The van der Waals surface area contributed by atoms with Gasteiger partial charge in [0.05, 0.1) is 9.82 Å². The van der Waals surface area contributed by atoms with Gasteiger partial charge >= 0.3 is 0 Å². The zero-order chi connectivity index (χ0) is 13.8. The Kier molecular flexibility index (Phi) is 4.28. The average Bonchev–Trinajstić information content (AvgIpc) is 2.41. The molecule has 0 saturated carbocycles. The van der Waals surface area contributed by atoms with Crippen molar-refractivity contribution in [1.29, 1.82) is 0 Å². The number of hydrogen-bond acceptors (Lipinski definition) is 5. The zero-order valence-corrected chi connectivity index (χ0v) is 11.8. The molecule has 0 radical (unpaired) electrons. The number of pyridine rings is 1. The zero-order valence-electron chi connectivity index (χ0n) is 9.45. The third-order valence-electron chi connectivity index (χ3n) is 2.23. The second-order valence-electron chi connectivity index (χ2n) is 3.52. The van der Waals surface area contributed by atoms with E-state index in [4.69, 9.17) is 0 Å². The van der Waals surface area contributed by atoms with Gasteiger partial charge < -0.3 is 0 Å². The lowest BCUT2D eigenvalue weighted by atomic mass is 10.2. The largest absolute Gasteiger partial charge is 0.298 e. The summed E-state index contributed by atoms with van der Waals surface area (Å²) in [5.41, 5.74) is 0.180. The Bertz CT molecular complexity index is 631. The highest BCUT2D eigenvalue weighted by atomic mass is 79.9. The van der Waals surface area contributed by atoms with Crippen LogP contribution < -0.4 is 0 Å². The highest BCUT2D eigenvalue weighted by molar-refractivity contribution is 9.10. The van der Waals surface area contributed by atoms with Gasteiger partial charge in [0, 0.05) is 22.3 Å². The summed E-state index contributed by atoms with van der Waals surface area (Å²) in [4.78, 5) is 25.7. The van der Waals surface area contributed by atoms with Crippen LogP contribution in [0.15, 0.2) is 50.9 Å². The summed E-state index contributed by atoms with van der Waals surface area (Å²) in [5.74, 6) is 0. The fourth-order valence-electron chi connectivity index (χ4n) is 1.37.